The van der Waals surface area contributed by atoms with Crippen LogP contribution in [0.1, 0.15) is 16.1 Å². The summed E-state index contributed by atoms with van der Waals surface area (Å²) >= 11 is 0. The number of aromatic nitrogens is 1. The van der Waals surface area contributed by atoms with Gasteiger partial charge in [-0.15, -0.1) is 0 Å². The van der Waals surface area contributed by atoms with Crippen LogP contribution in [-0.4, -0.2) is 17.9 Å². The molecule has 2 rings (SSSR count). The quantitative estimate of drug-likeness (QED) is 0.764. The van der Waals surface area contributed by atoms with Crippen molar-refractivity contribution in [1.29, 1.82) is 0 Å². The van der Waals surface area contributed by atoms with E-state index in [0.29, 0.717) is 5.56 Å². The van der Waals surface area contributed by atoms with Crippen LogP contribution in [0.15, 0.2) is 30.3 Å². The van der Waals surface area contributed by atoms with Gasteiger partial charge in [0.1, 0.15) is 0 Å². The molecule has 1 aromatic carbocycles. The zero-order valence-electron chi connectivity index (χ0n) is 8.74. The Labute approximate surface area is 88.1 Å². The Hall–Kier alpha value is -1.90. The van der Waals surface area contributed by atoms with E-state index in [2.05, 4.69) is 10.3 Å². The molecule has 0 saturated carbocycles. The Kier molecular flexibility index (Phi) is 2.37. The first kappa shape index (κ1) is 9.65. The molecule has 15 heavy (non-hydrogen) atoms. The van der Waals surface area contributed by atoms with Crippen molar-refractivity contribution in [2.75, 3.05) is 7.05 Å². The Balaban J connectivity index is 2.57. The molecular formula is C12H12N2O. The fourth-order valence-corrected chi connectivity index (χ4v) is 1.51. The molecule has 1 N–H and O–H groups in total. The van der Waals surface area contributed by atoms with Gasteiger partial charge in [-0.1, -0.05) is 6.07 Å². The zero-order valence-corrected chi connectivity index (χ0v) is 8.74. The lowest BCUT2D eigenvalue weighted by Crippen LogP contribution is -2.17. The van der Waals surface area contributed by atoms with Gasteiger partial charge in [0.2, 0.25) is 0 Å². The number of pyridine rings is 1. The third kappa shape index (κ3) is 1.81. The van der Waals surface area contributed by atoms with Gasteiger partial charge in [-0.2, -0.15) is 0 Å². The van der Waals surface area contributed by atoms with Crippen LogP contribution in [0.25, 0.3) is 10.9 Å². The predicted octanol–water partition coefficient (Wildman–Crippen LogP) is 1.90. The molecule has 0 saturated heterocycles. The summed E-state index contributed by atoms with van der Waals surface area (Å²) in [5.41, 5.74) is 2.56. The number of carbonyl (C=O) groups excluding carboxylic acids is 1. The highest BCUT2D eigenvalue weighted by Crippen LogP contribution is 2.14. The minimum absolute atomic E-state index is 0.0718. The van der Waals surface area contributed by atoms with Crippen LogP contribution in [0.4, 0.5) is 0 Å². The number of rotatable bonds is 1. The van der Waals surface area contributed by atoms with Crippen molar-refractivity contribution < 1.29 is 4.79 Å². The van der Waals surface area contributed by atoms with E-state index >= 15 is 0 Å². The Morgan fingerprint density at radius 3 is 2.80 bits per heavy atom. The molecule has 1 heterocycles. The number of carbonyl (C=O) groups is 1. The van der Waals surface area contributed by atoms with Crippen LogP contribution in [0, 0.1) is 6.92 Å². The summed E-state index contributed by atoms with van der Waals surface area (Å²) in [5, 5.41) is 3.59. The van der Waals surface area contributed by atoms with E-state index in [1.807, 2.05) is 31.2 Å². The Morgan fingerprint density at radius 1 is 1.27 bits per heavy atom. The Bertz CT molecular complexity index is 520. The average Bonchev–Trinajstić information content (AvgIpc) is 2.27. The van der Waals surface area contributed by atoms with Gasteiger partial charge in [-0.25, -0.2) is 0 Å². The first-order chi connectivity index (χ1) is 7.20. The highest BCUT2D eigenvalue weighted by Gasteiger charge is 2.03. The lowest BCUT2D eigenvalue weighted by molar-refractivity contribution is 0.0963. The van der Waals surface area contributed by atoms with Crippen LogP contribution >= 0.6 is 0 Å². The smallest absolute Gasteiger partial charge is 0.251 e. The van der Waals surface area contributed by atoms with Gasteiger partial charge in [-0.3, -0.25) is 9.78 Å². The minimum atomic E-state index is -0.0718. The summed E-state index contributed by atoms with van der Waals surface area (Å²) in [6.07, 6.45) is 0. The van der Waals surface area contributed by atoms with E-state index < -0.39 is 0 Å². The summed E-state index contributed by atoms with van der Waals surface area (Å²) in [6, 6.07) is 9.42. The molecule has 2 aromatic rings. The molecule has 0 bridgehead atoms. The first-order valence-electron chi connectivity index (χ1n) is 4.80. The van der Waals surface area contributed by atoms with Crippen molar-refractivity contribution in [3.8, 4) is 0 Å². The number of aryl methyl sites for hydroxylation is 1. The summed E-state index contributed by atoms with van der Waals surface area (Å²) in [4.78, 5) is 15.8. The van der Waals surface area contributed by atoms with E-state index in [0.717, 1.165) is 16.6 Å². The number of amides is 1. The van der Waals surface area contributed by atoms with Gasteiger partial charge in [0, 0.05) is 23.7 Å². The van der Waals surface area contributed by atoms with Crippen LogP contribution in [0.2, 0.25) is 0 Å². The predicted molar refractivity (Wildman–Crippen MR) is 59.9 cm³/mol. The summed E-state index contributed by atoms with van der Waals surface area (Å²) in [7, 11) is 1.62. The van der Waals surface area contributed by atoms with Gasteiger partial charge in [0.15, 0.2) is 0 Å². The summed E-state index contributed by atoms with van der Waals surface area (Å²) < 4.78 is 0. The largest absolute Gasteiger partial charge is 0.355 e. The molecule has 0 spiro atoms. The number of nitrogens with one attached hydrogen (secondary N) is 1. The van der Waals surface area contributed by atoms with Crippen molar-refractivity contribution >= 4 is 16.8 Å². The first-order valence-corrected chi connectivity index (χ1v) is 4.80. The van der Waals surface area contributed by atoms with Gasteiger partial charge in [-0.05, 0) is 31.2 Å². The maximum atomic E-state index is 11.4. The minimum Gasteiger partial charge on any atom is -0.355 e. The Morgan fingerprint density at radius 2 is 2.07 bits per heavy atom. The molecule has 3 nitrogen and oxygen atoms in total. The van der Waals surface area contributed by atoms with Crippen molar-refractivity contribution in [3.63, 3.8) is 0 Å². The van der Waals surface area contributed by atoms with Crippen LogP contribution in [0.3, 0.4) is 0 Å². The third-order valence-electron chi connectivity index (χ3n) is 2.32. The fourth-order valence-electron chi connectivity index (χ4n) is 1.51. The molecule has 0 radical (unpaired) electrons. The maximum Gasteiger partial charge on any atom is 0.251 e. The third-order valence-corrected chi connectivity index (χ3v) is 2.32. The van der Waals surface area contributed by atoms with Crippen molar-refractivity contribution in [2.24, 2.45) is 0 Å². The normalized spacial score (nSPS) is 10.3. The molecule has 0 aliphatic rings. The van der Waals surface area contributed by atoms with E-state index in [1.165, 1.54) is 0 Å². The van der Waals surface area contributed by atoms with Gasteiger partial charge in [0.05, 0.1) is 5.52 Å². The van der Waals surface area contributed by atoms with Crippen molar-refractivity contribution in [3.05, 3.63) is 41.6 Å². The standard InChI is InChI=1S/C12H12N2O/c1-8-3-4-9-7-10(12(15)13-2)5-6-11(9)14-8/h3-7H,1-2H3,(H,13,15). The SMILES string of the molecule is CNC(=O)c1ccc2nc(C)ccc2c1. The molecule has 1 aromatic heterocycles. The lowest BCUT2D eigenvalue weighted by Gasteiger charge is -2.02. The molecule has 0 atom stereocenters. The topological polar surface area (TPSA) is 42.0 Å². The van der Waals surface area contributed by atoms with Gasteiger partial charge >= 0.3 is 0 Å². The molecule has 1 amide bonds. The molecule has 0 fully saturated rings. The van der Waals surface area contributed by atoms with E-state index in [4.69, 9.17) is 0 Å². The van der Waals surface area contributed by atoms with Crippen molar-refractivity contribution in [1.82, 2.24) is 10.3 Å². The highest BCUT2D eigenvalue weighted by atomic mass is 16.1. The van der Waals surface area contributed by atoms with E-state index in [9.17, 15) is 4.79 Å². The van der Waals surface area contributed by atoms with Crippen LogP contribution in [-0.2, 0) is 0 Å². The molecule has 76 valence electrons. The van der Waals surface area contributed by atoms with Crippen LogP contribution in [0.5, 0.6) is 0 Å². The average molecular weight is 200 g/mol. The molecule has 0 aliphatic heterocycles. The maximum absolute atomic E-state index is 11.4. The second-order valence-corrected chi connectivity index (χ2v) is 3.44. The highest BCUT2D eigenvalue weighted by molar-refractivity contribution is 5.97. The molecule has 0 unspecified atom stereocenters. The van der Waals surface area contributed by atoms with E-state index in [-0.39, 0.29) is 5.91 Å². The van der Waals surface area contributed by atoms with Crippen molar-refractivity contribution in [2.45, 2.75) is 6.92 Å². The summed E-state index contributed by atoms with van der Waals surface area (Å²) in [6.45, 7) is 1.95. The second-order valence-electron chi connectivity index (χ2n) is 3.44. The zero-order chi connectivity index (χ0) is 10.8. The van der Waals surface area contributed by atoms with E-state index in [1.54, 1.807) is 13.1 Å². The molecule has 3 heteroatoms. The number of hydrogen-bond acceptors (Lipinski definition) is 2. The fraction of sp³-hybridized carbons (Fsp3) is 0.167. The molecule has 0 aliphatic carbocycles. The number of fused-ring (bicyclic) bond motifs is 1. The van der Waals surface area contributed by atoms with Gasteiger partial charge < -0.3 is 5.32 Å². The number of nitrogens with zero attached hydrogens (tertiary/aromatic N) is 1. The number of benzene rings is 1. The lowest BCUT2D eigenvalue weighted by atomic mass is 10.1. The number of hydrogen-bond donors (Lipinski definition) is 1. The van der Waals surface area contributed by atoms with Gasteiger partial charge in [0.25, 0.3) is 5.91 Å². The summed E-state index contributed by atoms with van der Waals surface area (Å²) in [5.74, 6) is -0.0718. The molecular weight excluding hydrogens is 188 g/mol. The monoisotopic (exact) mass is 200 g/mol. The second kappa shape index (κ2) is 3.69. The van der Waals surface area contributed by atoms with Crippen LogP contribution < -0.4 is 5.32 Å².